The summed E-state index contributed by atoms with van der Waals surface area (Å²) in [5, 5.41) is 8.99. The molecule has 0 amide bonds. The summed E-state index contributed by atoms with van der Waals surface area (Å²) < 4.78 is 13.2. The topological polar surface area (TPSA) is 20.2 Å². The molecule has 2 heteroatoms. The van der Waals surface area contributed by atoms with E-state index in [1.807, 2.05) is 0 Å². The number of rotatable bonds is 1. The predicted molar refractivity (Wildman–Crippen MR) is 43.2 cm³/mol. The second-order valence-electron chi connectivity index (χ2n) is 3.32. The Kier molecular flexibility index (Phi) is 2.03. The second kappa shape index (κ2) is 2.68. The Balaban J connectivity index is 2.77. The van der Waals surface area contributed by atoms with Gasteiger partial charge in [0.15, 0.2) is 0 Å². The standard InChI is InChI=1S/C9H13FO/c1-9(2,10)7-3-5-8(11)6-4-7/h3,5,11H,4,6H2,1-2H3. The SMILES string of the molecule is CC(C)(F)C1=CC=C(O)CC1. The van der Waals surface area contributed by atoms with Gasteiger partial charge in [-0.15, -0.1) is 0 Å². The lowest BCUT2D eigenvalue weighted by Crippen LogP contribution is -2.17. The Morgan fingerprint density at radius 3 is 2.36 bits per heavy atom. The molecule has 0 saturated carbocycles. The fourth-order valence-electron chi connectivity index (χ4n) is 1.12. The van der Waals surface area contributed by atoms with Crippen LogP contribution >= 0.6 is 0 Å². The first-order valence-electron chi connectivity index (χ1n) is 3.78. The molecular weight excluding hydrogens is 143 g/mol. The maximum Gasteiger partial charge on any atom is 0.126 e. The van der Waals surface area contributed by atoms with Gasteiger partial charge in [0.25, 0.3) is 0 Å². The molecule has 1 N–H and O–H groups in total. The molecule has 0 aromatic carbocycles. The summed E-state index contributed by atoms with van der Waals surface area (Å²) in [6.07, 6.45) is 4.43. The number of allylic oxidation sites excluding steroid dienone is 4. The van der Waals surface area contributed by atoms with Crippen LogP contribution in [0.1, 0.15) is 26.7 Å². The molecule has 11 heavy (non-hydrogen) atoms. The van der Waals surface area contributed by atoms with E-state index < -0.39 is 5.67 Å². The molecule has 0 aromatic rings. The van der Waals surface area contributed by atoms with E-state index in [2.05, 4.69) is 0 Å². The number of hydrogen-bond acceptors (Lipinski definition) is 1. The molecule has 1 aliphatic carbocycles. The van der Waals surface area contributed by atoms with Gasteiger partial charge in [-0.05, 0) is 31.9 Å². The number of halogens is 1. The molecule has 0 aromatic heterocycles. The third kappa shape index (κ3) is 2.07. The third-order valence-corrected chi connectivity index (χ3v) is 1.89. The van der Waals surface area contributed by atoms with Gasteiger partial charge in [0, 0.05) is 6.42 Å². The Morgan fingerprint density at radius 1 is 1.36 bits per heavy atom. The van der Waals surface area contributed by atoms with Crippen LogP contribution in [0, 0.1) is 0 Å². The Labute approximate surface area is 66.2 Å². The molecule has 0 atom stereocenters. The van der Waals surface area contributed by atoms with E-state index >= 15 is 0 Å². The first-order chi connectivity index (χ1) is 5.00. The summed E-state index contributed by atoms with van der Waals surface area (Å²) in [4.78, 5) is 0. The van der Waals surface area contributed by atoms with Crippen molar-refractivity contribution in [1.29, 1.82) is 0 Å². The van der Waals surface area contributed by atoms with Gasteiger partial charge in [0.1, 0.15) is 5.67 Å². The van der Waals surface area contributed by atoms with E-state index in [1.165, 1.54) is 13.8 Å². The van der Waals surface area contributed by atoms with E-state index in [0.29, 0.717) is 18.6 Å². The maximum absolute atomic E-state index is 13.2. The van der Waals surface area contributed by atoms with Gasteiger partial charge in [0.05, 0.1) is 5.76 Å². The zero-order valence-corrected chi connectivity index (χ0v) is 6.89. The highest BCUT2D eigenvalue weighted by atomic mass is 19.1. The van der Waals surface area contributed by atoms with Crippen LogP contribution in [-0.4, -0.2) is 10.8 Å². The van der Waals surface area contributed by atoms with Crippen LogP contribution in [-0.2, 0) is 0 Å². The van der Waals surface area contributed by atoms with Crippen molar-refractivity contribution in [2.45, 2.75) is 32.4 Å². The van der Waals surface area contributed by atoms with Crippen molar-refractivity contribution in [3.63, 3.8) is 0 Å². The third-order valence-electron chi connectivity index (χ3n) is 1.89. The molecule has 0 aliphatic heterocycles. The van der Waals surface area contributed by atoms with Crippen LogP contribution in [0.4, 0.5) is 4.39 Å². The Bertz CT molecular complexity index is 208. The minimum Gasteiger partial charge on any atom is -0.512 e. The summed E-state index contributed by atoms with van der Waals surface area (Å²) in [5.74, 6) is 0.345. The number of aliphatic hydroxyl groups excluding tert-OH is 1. The molecule has 0 spiro atoms. The van der Waals surface area contributed by atoms with Crippen molar-refractivity contribution >= 4 is 0 Å². The van der Waals surface area contributed by atoms with E-state index in [4.69, 9.17) is 5.11 Å². The van der Waals surface area contributed by atoms with Crippen molar-refractivity contribution in [3.05, 3.63) is 23.5 Å². The van der Waals surface area contributed by atoms with Gasteiger partial charge in [0.2, 0.25) is 0 Å². The molecule has 1 rings (SSSR count). The number of hydrogen-bond donors (Lipinski definition) is 1. The lowest BCUT2D eigenvalue weighted by molar-refractivity contribution is 0.257. The van der Waals surface area contributed by atoms with Crippen molar-refractivity contribution in [3.8, 4) is 0 Å². The van der Waals surface area contributed by atoms with Crippen LogP contribution in [0.3, 0.4) is 0 Å². The van der Waals surface area contributed by atoms with Gasteiger partial charge in [-0.25, -0.2) is 4.39 Å². The minimum absolute atomic E-state index is 0.345. The minimum atomic E-state index is -1.24. The van der Waals surface area contributed by atoms with Crippen molar-refractivity contribution in [2.24, 2.45) is 0 Å². The van der Waals surface area contributed by atoms with Gasteiger partial charge in [-0.1, -0.05) is 6.08 Å². The molecule has 0 unspecified atom stereocenters. The van der Waals surface area contributed by atoms with Crippen LogP contribution in [0.25, 0.3) is 0 Å². The van der Waals surface area contributed by atoms with Gasteiger partial charge in [-0.2, -0.15) is 0 Å². The van der Waals surface area contributed by atoms with Crippen molar-refractivity contribution < 1.29 is 9.50 Å². The molecule has 0 radical (unpaired) electrons. The summed E-state index contributed by atoms with van der Waals surface area (Å²) >= 11 is 0. The molecule has 0 heterocycles. The fourth-order valence-corrected chi connectivity index (χ4v) is 1.12. The Hall–Kier alpha value is -0.790. The normalized spacial score (nSPS) is 19.2. The number of alkyl halides is 1. The van der Waals surface area contributed by atoms with Crippen molar-refractivity contribution in [1.82, 2.24) is 0 Å². The van der Waals surface area contributed by atoms with Crippen LogP contribution in [0.5, 0.6) is 0 Å². The van der Waals surface area contributed by atoms with Crippen LogP contribution in [0.15, 0.2) is 23.5 Å². The second-order valence-corrected chi connectivity index (χ2v) is 3.32. The summed E-state index contributed by atoms with van der Waals surface area (Å²) in [6.45, 7) is 3.07. The highest BCUT2D eigenvalue weighted by Crippen LogP contribution is 2.28. The molecule has 1 aliphatic rings. The summed E-state index contributed by atoms with van der Waals surface area (Å²) in [7, 11) is 0. The molecule has 0 saturated heterocycles. The highest BCUT2D eigenvalue weighted by molar-refractivity contribution is 5.26. The van der Waals surface area contributed by atoms with Crippen molar-refractivity contribution in [2.75, 3.05) is 0 Å². The smallest absolute Gasteiger partial charge is 0.126 e. The Morgan fingerprint density at radius 2 is 2.00 bits per heavy atom. The van der Waals surface area contributed by atoms with E-state index in [1.54, 1.807) is 12.2 Å². The van der Waals surface area contributed by atoms with E-state index in [0.717, 1.165) is 5.57 Å². The monoisotopic (exact) mass is 156 g/mol. The van der Waals surface area contributed by atoms with E-state index in [9.17, 15) is 4.39 Å². The molecule has 0 bridgehead atoms. The molecule has 1 nitrogen and oxygen atoms in total. The van der Waals surface area contributed by atoms with E-state index in [-0.39, 0.29) is 0 Å². The predicted octanol–water partition coefficient (Wildman–Crippen LogP) is 2.90. The lowest BCUT2D eigenvalue weighted by atomic mass is 9.92. The first kappa shape index (κ1) is 8.31. The zero-order valence-electron chi connectivity index (χ0n) is 6.89. The largest absolute Gasteiger partial charge is 0.512 e. The highest BCUT2D eigenvalue weighted by Gasteiger charge is 2.22. The summed E-state index contributed by atoms with van der Waals surface area (Å²) in [5.41, 5.74) is -0.479. The molecule has 62 valence electrons. The lowest BCUT2D eigenvalue weighted by Gasteiger charge is -2.20. The van der Waals surface area contributed by atoms with Gasteiger partial charge >= 0.3 is 0 Å². The average molecular weight is 156 g/mol. The molecule has 0 fully saturated rings. The average Bonchev–Trinajstić information content (AvgIpc) is 1.86. The first-order valence-corrected chi connectivity index (χ1v) is 3.78. The molecular formula is C9H13FO. The summed E-state index contributed by atoms with van der Waals surface area (Å²) in [6, 6.07) is 0. The van der Waals surface area contributed by atoms with Crippen LogP contribution < -0.4 is 0 Å². The van der Waals surface area contributed by atoms with Gasteiger partial charge < -0.3 is 5.11 Å². The number of aliphatic hydroxyl groups is 1. The fraction of sp³-hybridized carbons (Fsp3) is 0.556. The zero-order chi connectivity index (χ0) is 8.48. The maximum atomic E-state index is 13.2. The van der Waals surface area contributed by atoms with Crippen LogP contribution in [0.2, 0.25) is 0 Å². The van der Waals surface area contributed by atoms with Gasteiger partial charge in [-0.3, -0.25) is 0 Å². The quantitative estimate of drug-likeness (QED) is 0.618.